The summed E-state index contributed by atoms with van der Waals surface area (Å²) in [6, 6.07) is 6.40. The van der Waals surface area contributed by atoms with E-state index in [9.17, 15) is 18.0 Å². The van der Waals surface area contributed by atoms with Crippen molar-refractivity contribution in [1.29, 1.82) is 0 Å². The average Bonchev–Trinajstić information content (AvgIpc) is 3.14. The van der Waals surface area contributed by atoms with Gasteiger partial charge in [0.05, 0.1) is 18.2 Å². The number of amides is 1. The van der Waals surface area contributed by atoms with Gasteiger partial charge < -0.3 is 15.0 Å². The number of aromatic nitrogens is 1. The highest BCUT2D eigenvalue weighted by molar-refractivity contribution is 5.71. The largest absolute Gasteiger partial charge is 0.439 e. The minimum absolute atomic E-state index is 0.279. The van der Waals surface area contributed by atoms with Gasteiger partial charge in [0.25, 0.3) is 0 Å². The predicted molar refractivity (Wildman–Crippen MR) is 142 cm³/mol. The fourth-order valence-electron chi connectivity index (χ4n) is 5.94. The Morgan fingerprint density at radius 1 is 1.08 bits per heavy atom. The van der Waals surface area contributed by atoms with E-state index < -0.39 is 30.0 Å². The van der Waals surface area contributed by atoms with E-state index in [4.69, 9.17) is 9.72 Å². The quantitative estimate of drug-likeness (QED) is 0.418. The first-order valence-corrected chi connectivity index (χ1v) is 13.6. The van der Waals surface area contributed by atoms with Gasteiger partial charge in [0, 0.05) is 30.4 Å². The second kappa shape index (κ2) is 11.5. The number of benzene rings is 1. The van der Waals surface area contributed by atoms with Crippen LogP contribution in [0.5, 0.6) is 0 Å². The molecule has 4 rings (SSSR count). The highest BCUT2D eigenvalue weighted by Gasteiger charge is 2.41. The Morgan fingerprint density at radius 2 is 1.79 bits per heavy atom. The molecule has 2 fully saturated rings. The predicted octanol–water partition coefficient (Wildman–Crippen LogP) is 6.55. The fraction of sp³-hybridized carbons (Fsp3) is 0.586. The molecule has 1 N–H and O–H groups in total. The molecule has 1 aliphatic carbocycles. The standard InChI is InChI=1S/C29H39F3N4O2/c1-6-33-24-8-10-25(11-9-24)35(7-2)27-22(13-19(4)16-34-27)17-36-20(5)26(38-28(36)37)21-12-18(3)14-23(15-21)29(30,31)32/h12-16,20,24-26,33H,6-11,17H2,1-5H3/t20-,24?,25?,26-/m0/s1. The van der Waals surface area contributed by atoms with Crippen LogP contribution in [0, 0.1) is 13.8 Å². The Kier molecular flexibility index (Phi) is 8.55. The molecule has 2 heterocycles. The average molecular weight is 533 g/mol. The number of halogens is 3. The van der Waals surface area contributed by atoms with E-state index in [1.807, 2.05) is 20.0 Å². The Hall–Kier alpha value is -2.81. The van der Waals surface area contributed by atoms with Crippen LogP contribution >= 0.6 is 0 Å². The first kappa shape index (κ1) is 28.2. The normalized spacial score (nSPS) is 24.0. The van der Waals surface area contributed by atoms with E-state index in [0.717, 1.165) is 67.9 Å². The van der Waals surface area contributed by atoms with Crippen LogP contribution < -0.4 is 10.2 Å². The number of alkyl halides is 3. The molecule has 1 amide bonds. The molecule has 0 bridgehead atoms. The summed E-state index contributed by atoms with van der Waals surface area (Å²) in [5.41, 5.74) is 2.01. The van der Waals surface area contributed by atoms with Crippen molar-refractivity contribution in [2.75, 3.05) is 18.0 Å². The topological polar surface area (TPSA) is 57.7 Å². The number of hydrogen-bond donors (Lipinski definition) is 1. The highest BCUT2D eigenvalue weighted by atomic mass is 19.4. The molecule has 1 saturated heterocycles. The van der Waals surface area contributed by atoms with Gasteiger partial charge in [0.15, 0.2) is 0 Å². The third-order valence-electron chi connectivity index (χ3n) is 7.81. The van der Waals surface area contributed by atoms with E-state index in [1.165, 1.54) is 0 Å². The molecule has 1 aromatic heterocycles. The van der Waals surface area contributed by atoms with Gasteiger partial charge in [-0.05, 0) is 89.2 Å². The van der Waals surface area contributed by atoms with Crippen LogP contribution in [0.1, 0.15) is 80.4 Å². The number of anilines is 1. The minimum Gasteiger partial charge on any atom is -0.439 e. The number of rotatable bonds is 8. The van der Waals surface area contributed by atoms with E-state index in [-0.39, 0.29) is 6.54 Å². The van der Waals surface area contributed by atoms with E-state index in [0.29, 0.717) is 23.2 Å². The molecule has 1 aromatic carbocycles. The number of cyclic esters (lactones) is 1. The molecule has 0 unspecified atom stereocenters. The number of hydrogen-bond acceptors (Lipinski definition) is 5. The Labute approximate surface area is 223 Å². The van der Waals surface area contributed by atoms with Gasteiger partial charge in [-0.25, -0.2) is 9.78 Å². The SMILES string of the molecule is CCNC1CCC(N(CC)c2ncc(C)cc2CN2C(=O)O[C@H](c3cc(C)cc(C(F)(F)F)c3)[C@@H]2C)CC1. The number of carbonyl (C=O) groups excluding carboxylic acids is 1. The Morgan fingerprint density at radius 3 is 2.42 bits per heavy atom. The van der Waals surface area contributed by atoms with Crippen molar-refractivity contribution in [1.82, 2.24) is 15.2 Å². The molecule has 0 spiro atoms. The number of nitrogens with zero attached hydrogens (tertiary/aromatic N) is 3. The zero-order valence-corrected chi connectivity index (χ0v) is 22.9. The third kappa shape index (κ3) is 6.08. The maximum atomic E-state index is 13.4. The lowest BCUT2D eigenvalue weighted by Crippen LogP contribution is -2.43. The summed E-state index contributed by atoms with van der Waals surface area (Å²) in [6.07, 6.45) is 0.440. The number of carbonyl (C=O) groups is 1. The number of ether oxygens (including phenoxy) is 1. The maximum Gasteiger partial charge on any atom is 0.416 e. The summed E-state index contributed by atoms with van der Waals surface area (Å²) in [7, 11) is 0. The van der Waals surface area contributed by atoms with Crippen LogP contribution in [0.15, 0.2) is 30.5 Å². The smallest absolute Gasteiger partial charge is 0.416 e. The van der Waals surface area contributed by atoms with Gasteiger partial charge in [-0.15, -0.1) is 0 Å². The van der Waals surface area contributed by atoms with Crippen LogP contribution in [0.4, 0.5) is 23.8 Å². The molecule has 38 heavy (non-hydrogen) atoms. The van der Waals surface area contributed by atoms with Gasteiger partial charge in [-0.3, -0.25) is 4.90 Å². The van der Waals surface area contributed by atoms with Crippen LogP contribution in [-0.2, 0) is 17.5 Å². The van der Waals surface area contributed by atoms with Crippen molar-refractivity contribution >= 4 is 11.9 Å². The van der Waals surface area contributed by atoms with Crippen LogP contribution in [0.3, 0.4) is 0 Å². The molecule has 1 saturated carbocycles. The lowest BCUT2D eigenvalue weighted by Gasteiger charge is -2.38. The van der Waals surface area contributed by atoms with Crippen molar-refractivity contribution in [2.24, 2.45) is 0 Å². The first-order chi connectivity index (χ1) is 18.0. The zero-order chi connectivity index (χ0) is 27.6. The van der Waals surface area contributed by atoms with Crippen LogP contribution in [0.2, 0.25) is 0 Å². The minimum atomic E-state index is -4.47. The van der Waals surface area contributed by atoms with Gasteiger partial charge in [-0.1, -0.05) is 18.6 Å². The second-order valence-electron chi connectivity index (χ2n) is 10.6. The Bertz CT molecular complexity index is 1130. The Balaban J connectivity index is 1.57. The fourth-order valence-corrected chi connectivity index (χ4v) is 5.94. The molecule has 0 radical (unpaired) electrons. The first-order valence-electron chi connectivity index (χ1n) is 13.6. The second-order valence-corrected chi connectivity index (χ2v) is 10.6. The summed E-state index contributed by atoms with van der Waals surface area (Å²) in [6.45, 7) is 11.7. The molecule has 208 valence electrons. The van der Waals surface area contributed by atoms with E-state index in [2.05, 4.69) is 30.1 Å². The lowest BCUT2D eigenvalue weighted by atomic mass is 9.90. The van der Waals surface area contributed by atoms with E-state index in [1.54, 1.807) is 17.9 Å². The molecule has 2 aromatic rings. The zero-order valence-electron chi connectivity index (χ0n) is 22.9. The van der Waals surface area contributed by atoms with Crippen molar-refractivity contribution < 1.29 is 22.7 Å². The van der Waals surface area contributed by atoms with Crippen molar-refractivity contribution in [3.63, 3.8) is 0 Å². The summed E-state index contributed by atoms with van der Waals surface area (Å²) < 4.78 is 46.0. The number of aryl methyl sites for hydroxylation is 2. The van der Waals surface area contributed by atoms with Crippen molar-refractivity contribution in [2.45, 2.75) is 97.3 Å². The van der Waals surface area contributed by atoms with Crippen LogP contribution in [-0.4, -0.2) is 47.2 Å². The molecule has 1 aliphatic heterocycles. The van der Waals surface area contributed by atoms with Gasteiger partial charge in [0.2, 0.25) is 0 Å². The molecular formula is C29H39F3N4O2. The molecule has 9 heteroatoms. The van der Waals surface area contributed by atoms with E-state index >= 15 is 0 Å². The van der Waals surface area contributed by atoms with Gasteiger partial charge >= 0.3 is 12.3 Å². The maximum absolute atomic E-state index is 13.4. The summed E-state index contributed by atoms with van der Waals surface area (Å²) in [5.74, 6) is 0.864. The van der Waals surface area contributed by atoms with Gasteiger partial charge in [-0.2, -0.15) is 13.2 Å². The van der Waals surface area contributed by atoms with Crippen molar-refractivity contribution in [3.8, 4) is 0 Å². The highest BCUT2D eigenvalue weighted by Crippen LogP contribution is 2.38. The third-order valence-corrected chi connectivity index (χ3v) is 7.81. The molecule has 6 nitrogen and oxygen atoms in total. The summed E-state index contributed by atoms with van der Waals surface area (Å²) in [4.78, 5) is 21.8. The monoisotopic (exact) mass is 532 g/mol. The van der Waals surface area contributed by atoms with Crippen LogP contribution in [0.25, 0.3) is 0 Å². The molecular weight excluding hydrogens is 493 g/mol. The van der Waals surface area contributed by atoms with Gasteiger partial charge in [0.1, 0.15) is 11.9 Å². The number of pyridine rings is 1. The van der Waals surface area contributed by atoms with Crippen molar-refractivity contribution in [3.05, 3.63) is 58.3 Å². The molecule has 2 atom stereocenters. The summed E-state index contributed by atoms with van der Waals surface area (Å²) >= 11 is 0. The summed E-state index contributed by atoms with van der Waals surface area (Å²) in [5, 5.41) is 3.56. The lowest BCUT2D eigenvalue weighted by molar-refractivity contribution is -0.137. The molecule has 2 aliphatic rings. The number of nitrogens with one attached hydrogen (secondary N) is 1.